The summed E-state index contributed by atoms with van der Waals surface area (Å²) in [6, 6.07) is 10.3. The monoisotopic (exact) mass is 306 g/mol. The summed E-state index contributed by atoms with van der Waals surface area (Å²) in [5.41, 5.74) is 5.38. The number of aryl methyl sites for hydroxylation is 1. The zero-order valence-corrected chi connectivity index (χ0v) is 12.9. The number of aromatic nitrogens is 4. The Balaban J connectivity index is 1.81. The molecule has 22 heavy (non-hydrogen) atoms. The van der Waals surface area contributed by atoms with Gasteiger partial charge in [-0.3, -0.25) is 10.1 Å². The Kier molecular flexibility index (Phi) is 3.20. The van der Waals surface area contributed by atoms with Crippen molar-refractivity contribution in [3.63, 3.8) is 0 Å². The molecule has 0 aliphatic carbocycles. The molecule has 0 amide bonds. The number of pyridine rings is 1. The normalized spacial score (nSPS) is 11.1. The number of thiazole rings is 1. The molecule has 0 spiro atoms. The van der Waals surface area contributed by atoms with Gasteiger partial charge in [0.2, 0.25) is 0 Å². The molecule has 0 radical (unpaired) electrons. The van der Waals surface area contributed by atoms with Crippen molar-refractivity contribution in [3.8, 4) is 11.3 Å². The number of nitrogens with zero attached hydrogens (tertiary/aromatic N) is 3. The smallest absolute Gasteiger partial charge is 0.0984 e. The Hall–Kier alpha value is -2.53. The third-order valence-corrected chi connectivity index (χ3v) is 4.51. The lowest BCUT2D eigenvalue weighted by Crippen LogP contribution is -1.89. The van der Waals surface area contributed by atoms with Gasteiger partial charge in [0.05, 0.1) is 16.2 Å². The Morgan fingerprint density at radius 3 is 2.91 bits per heavy atom. The molecule has 0 aliphatic heterocycles. The molecule has 0 aliphatic rings. The van der Waals surface area contributed by atoms with Crippen LogP contribution in [0.1, 0.15) is 16.3 Å². The number of H-pyrrole nitrogens is 1. The van der Waals surface area contributed by atoms with Gasteiger partial charge in [0.1, 0.15) is 0 Å². The highest BCUT2D eigenvalue weighted by Crippen LogP contribution is 2.27. The van der Waals surface area contributed by atoms with Crippen molar-refractivity contribution in [1.82, 2.24) is 20.2 Å². The average molecular weight is 306 g/mol. The van der Waals surface area contributed by atoms with Crippen LogP contribution in [0.2, 0.25) is 0 Å². The van der Waals surface area contributed by atoms with Crippen LogP contribution in [0.25, 0.3) is 22.2 Å². The Morgan fingerprint density at radius 1 is 1.14 bits per heavy atom. The molecule has 5 heteroatoms. The molecule has 1 aromatic carbocycles. The average Bonchev–Trinajstić information content (AvgIpc) is 3.18. The molecule has 4 aromatic rings. The van der Waals surface area contributed by atoms with Crippen LogP contribution in [0.3, 0.4) is 0 Å². The second-order valence-corrected chi connectivity index (χ2v) is 6.18. The molecule has 3 aromatic heterocycles. The third kappa shape index (κ3) is 2.29. The number of rotatable bonds is 3. The first-order valence-electron chi connectivity index (χ1n) is 7.08. The van der Waals surface area contributed by atoms with Gasteiger partial charge in [0.25, 0.3) is 0 Å². The molecule has 0 saturated carbocycles. The van der Waals surface area contributed by atoms with Crippen LogP contribution in [-0.4, -0.2) is 20.2 Å². The highest BCUT2D eigenvalue weighted by molar-refractivity contribution is 7.09. The first-order valence-corrected chi connectivity index (χ1v) is 7.96. The molecule has 0 atom stereocenters. The fourth-order valence-electron chi connectivity index (χ4n) is 2.62. The molecule has 0 unspecified atom stereocenters. The summed E-state index contributed by atoms with van der Waals surface area (Å²) < 4.78 is 0. The number of hydrogen-bond donors (Lipinski definition) is 1. The molecule has 0 fully saturated rings. The Labute approximate surface area is 131 Å². The maximum absolute atomic E-state index is 4.50. The van der Waals surface area contributed by atoms with E-state index in [2.05, 4.69) is 45.3 Å². The predicted molar refractivity (Wildman–Crippen MR) is 89.0 cm³/mol. The standard InChI is InChI=1S/C17H14N4S/c1-11-3-2-6-19-17(11)12-4-5-14-13(9-12)15(21-20-14)10-16-18-7-8-22-16/h2-9H,10H2,1H3,(H,20,21). The van der Waals surface area contributed by atoms with Crippen molar-refractivity contribution in [2.75, 3.05) is 0 Å². The van der Waals surface area contributed by atoms with E-state index in [-0.39, 0.29) is 0 Å². The highest BCUT2D eigenvalue weighted by atomic mass is 32.1. The summed E-state index contributed by atoms with van der Waals surface area (Å²) in [6.45, 7) is 2.08. The van der Waals surface area contributed by atoms with Gasteiger partial charge in [0.15, 0.2) is 0 Å². The molecule has 4 rings (SSSR count). The summed E-state index contributed by atoms with van der Waals surface area (Å²) in [4.78, 5) is 8.86. The minimum atomic E-state index is 0.777. The number of nitrogens with one attached hydrogen (secondary N) is 1. The van der Waals surface area contributed by atoms with Gasteiger partial charge < -0.3 is 0 Å². The van der Waals surface area contributed by atoms with E-state index in [1.165, 1.54) is 5.56 Å². The van der Waals surface area contributed by atoms with Gasteiger partial charge >= 0.3 is 0 Å². The zero-order chi connectivity index (χ0) is 14.9. The van der Waals surface area contributed by atoms with Gasteiger partial charge in [0, 0.05) is 40.8 Å². The summed E-state index contributed by atoms with van der Waals surface area (Å²) in [6.07, 6.45) is 4.44. The van der Waals surface area contributed by atoms with E-state index >= 15 is 0 Å². The van der Waals surface area contributed by atoms with Crippen LogP contribution >= 0.6 is 11.3 Å². The fraction of sp³-hybridized carbons (Fsp3) is 0.118. The quantitative estimate of drug-likeness (QED) is 0.623. The van der Waals surface area contributed by atoms with Crippen LogP contribution in [0.4, 0.5) is 0 Å². The molecule has 3 heterocycles. The van der Waals surface area contributed by atoms with Crippen molar-refractivity contribution < 1.29 is 0 Å². The van der Waals surface area contributed by atoms with Crippen LogP contribution in [0.15, 0.2) is 48.1 Å². The molecular formula is C17H14N4S. The highest BCUT2D eigenvalue weighted by Gasteiger charge is 2.10. The topological polar surface area (TPSA) is 54.5 Å². The van der Waals surface area contributed by atoms with Crippen molar-refractivity contribution >= 4 is 22.2 Å². The van der Waals surface area contributed by atoms with Gasteiger partial charge in [-0.05, 0) is 30.7 Å². The second-order valence-electron chi connectivity index (χ2n) is 5.21. The van der Waals surface area contributed by atoms with Crippen LogP contribution in [0, 0.1) is 6.92 Å². The van der Waals surface area contributed by atoms with Crippen molar-refractivity contribution in [1.29, 1.82) is 0 Å². The van der Waals surface area contributed by atoms with E-state index in [9.17, 15) is 0 Å². The molecule has 0 bridgehead atoms. The number of hydrogen-bond acceptors (Lipinski definition) is 4. The third-order valence-electron chi connectivity index (χ3n) is 3.73. The van der Waals surface area contributed by atoms with E-state index in [1.807, 2.05) is 29.9 Å². The summed E-state index contributed by atoms with van der Waals surface area (Å²) in [5, 5.41) is 11.8. The lowest BCUT2D eigenvalue weighted by Gasteiger charge is -2.05. The minimum Gasteiger partial charge on any atom is -0.281 e. The maximum atomic E-state index is 4.50. The summed E-state index contributed by atoms with van der Waals surface area (Å²) in [5.74, 6) is 0. The van der Waals surface area contributed by atoms with Gasteiger partial charge in [-0.1, -0.05) is 12.1 Å². The maximum Gasteiger partial charge on any atom is 0.0984 e. The predicted octanol–water partition coefficient (Wildman–Crippen LogP) is 3.98. The fourth-order valence-corrected chi connectivity index (χ4v) is 3.25. The van der Waals surface area contributed by atoms with Crippen LogP contribution in [-0.2, 0) is 6.42 Å². The number of benzene rings is 1. The van der Waals surface area contributed by atoms with Crippen molar-refractivity contribution in [3.05, 3.63) is 64.4 Å². The van der Waals surface area contributed by atoms with Crippen molar-refractivity contribution in [2.45, 2.75) is 13.3 Å². The first-order chi connectivity index (χ1) is 10.8. The largest absolute Gasteiger partial charge is 0.281 e. The molecule has 0 saturated heterocycles. The van der Waals surface area contributed by atoms with E-state index in [0.717, 1.165) is 39.3 Å². The van der Waals surface area contributed by atoms with Crippen LogP contribution in [0.5, 0.6) is 0 Å². The second kappa shape index (κ2) is 5.35. The molecular weight excluding hydrogens is 292 g/mol. The van der Waals surface area contributed by atoms with E-state index in [4.69, 9.17) is 0 Å². The lowest BCUT2D eigenvalue weighted by atomic mass is 10.0. The summed E-state index contributed by atoms with van der Waals surface area (Å²) in [7, 11) is 0. The van der Waals surface area contributed by atoms with E-state index < -0.39 is 0 Å². The first kappa shape index (κ1) is 13.2. The zero-order valence-electron chi connectivity index (χ0n) is 12.1. The SMILES string of the molecule is Cc1cccnc1-c1ccc2n[nH]c(Cc3nccs3)c2c1. The minimum absolute atomic E-state index is 0.777. The Morgan fingerprint density at radius 2 is 2.09 bits per heavy atom. The van der Waals surface area contributed by atoms with Crippen molar-refractivity contribution in [2.24, 2.45) is 0 Å². The van der Waals surface area contributed by atoms with Gasteiger partial charge in [-0.25, -0.2) is 4.98 Å². The molecule has 108 valence electrons. The number of fused-ring (bicyclic) bond motifs is 1. The van der Waals surface area contributed by atoms with Gasteiger partial charge in [-0.15, -0.1) is 11.3 Å². The van der Waals surface area contributed by atoms with Crippen LogP contribution < -0.4 is 0 Å². The molecule has 4 nitrogen and oxygen atoms in total. The summed E-state index contributed by atoms with van der Waals surface area (Å²) >= 11 is 1.66. The van der Waals surface area contributed by atoms with E-state index in [1.54, 1.807) is 11.3 Å². The van der Waals surface area contributed by atoms with Gasteiger partial charge in [-0.2, -0.15) is 5.10 Å². The molecule has 1 N–H and O–H groups in total. The lowest BCUT2D eigenvalue weighted by molar-refractivity contribution is 1.00. The van der Waals surface area contributed by atoms with E-state index in [0.29, 0.717) is 0 Å². The number of aromatic amines is 1. The Bertz CT molecular complexity index is 925.